The van der Waals surface area contributed by atoms with Gasteiger partial charge in [-0.1, -0.05) is 0 Å². The van der Waals surface area contributed by atoms with Crippen molar-refractivity contribution >= 4 is 17.5 Å². The number of carbonyl (C=O) groups is 2. The number of likely N-dealkylation sites (N-methyl/N-ethyl adjacent to an activating group) is 1. The Balaban J connectivity index is 2.00. The minimum absolute atomic E-state index is 0.0239. The fourth-order valence-electron chi connectivity index (χ4n) is 2.24. The molecule has 1 aromatic carbocycles. The summed E-state index contributed by atoms with van der Waals surface area (Å²) in [5.74, 6) is -0.963. The van der Waals surface area contributed by atoms with Gasteiger partial charge in [-0.2, -0.15) is 0 Å². The molecule has 6 heteroatoms. The molecule has 0 atom stereocenters. The maximum atomic E-state index is 13.1. The molecule has 1 aliphatic heterocycles. The van der Waals surface area contributed by atoms with Crippen molar-refractivity contribution in [1.82, 2.24) is 9.80 Å². The number of halogens is 1. The summed E-state index contributed by atoms with van der Waals surface area (Å²) in [7, 11) is 1.55. The van der Waals surface area contributed by atoms with E-state index >= 15 is 0 Å². The quantitative estimate of drug-likeness (QED) is 0.843. The number of nitrogen functional groups attached to an aromatic ring is 1. The van der Waals surface area contributed by atoms with E-state index in [1.54, 1.807) is 11.9 Å². The van der Waals surface area contributed by atoms with Crippen LogP contribution in [0, 0.1) is 5.82 Å². The van der Waals surface area contributed by atoms with Crippen molar-refractivity contribution in [3.8, 4) is 0 Å². The third-order valence-corrected chi connectivity index (χ3v) is 3.42. The summed E-state index contributed by atoms with van der Waals surface area (Å²) in [6.07, 6.45) is 2.02. The number of anilines is 1. The molecule has 0 bridgehead atoms. The Morgan fingerprint density at radius 2 is 2.00 bits per heavy atom. The molecular weight excluding hydrogens is 261 g/mol. The molecule has 2 N–H and O–H groups in total. The summed E-state index contributed by atoms with van der Waals surface area (Å²) in [6.45, 7) is 1.53. The Hall–Kier alpha value is -2.11. The average molecular weight is 279 g/mol. The van der Waals surface area contributed by atoms with Gasteiger partial charge >= 0.3 is 0 Å². The van der Waals surface area contributed by atoms with E-state index in [2.05, 4.69) is 0 Å². The number of nitrogens with zero attached hydrogens (tertiary/aromatic N) is 2. The standard InChI is InChI=1S/C14H18FN3O2/c1-17(9-13(19)18-6-2-3-7-18)14(20)10-4-5-11(15)12(16)8-10/h4-5,8H,2-3,6-7,9,16H2,1H3. The van der Waals surface area contributed by atoms with Crippen molar-refractivity contribution in [1.29, 1.82) is 0 Å². The molecule has 2 amide bonds. The number of benzene rings is 1. The van der Waals surface area contributed by atoms with Crippen LogP contribution in [0.1, 0.15) is 23.2 Å². The predicted octanol–water partition coefficient (Wildman–Crippen LogP) is 1.10. The van der Waals surface area contributed by atoms with Gasteiger partial charge in [-0.15, -0.1) is 0 Å². The van der Waals surface area contributed by atoms with Crippen molar-refractivity contribution in [3.63, 3.8) is 0 Å². The van der Waals surface area contributed by atoms with Gasteiger partial charge in [0.15, 0.2) is 0 Å². The van der Waals surface area contributed by atoms with E-state index in [0.29, 0.717) is 0 Å². The molecule has 0 radical (unpaired) electrons. The second-order valence-electron chi connectivity index (χ2n) is 4.99. The Bertz CT molecular complexity index is 527. The molecule has 0 aliphatic carbocycles. The van der Waals surface area contributed by atoms with Gasteiger partial charge in [0.05, 0.1) is 12.2 Å². The maximum Gasteiger partial charge on any atom is 0.254 e. The average Bonchev–Trinajstić information content (AvgIpc) is 2.95. The first-order chi connectivity index (χ1) is 9.49. The van der Waals surface area contributed by atoms with Gasteiger partial charge in [-0.3, -0.25) is 9.59 Å². The van der Waals surface area contributed by atoms with E-state index in [1.165, 1.54) is 17.0 Å². The highest BCUT2D eigenvalue weighted by Gasteiger charge is 2.22. The monoisotopic (exact) mass is 279 g/mol. The van der Waals surface area contributed by atoms with Gasteiger partial charge < -0.3 is 15.5 Å². The van der Waals surface area contributed by atoms with Crippen molar-refractivity contribution in [2.75, 3.05) is 32.4 Å². The molecule has 0 spiro atoms. The number of carbonyl (C=O) groups excluding carboxylic acids is 2. The number of amides is 2. The van der Waals surface area contributed by atoms with Crippen LogP contribution >= 0.6 is 0 Å². The van der Waals surface area contributed by atoms with Crippen LogP contribution in [-0.2, 0) is 4.79 Å². The van der Waals surface area contributed by atoms with Crippen LogP contribution in [0.2, 0.25) is 0 Å². The lowest BCUT2D eigenvalue weighted by atomic mass is 10.1. The van der Waals surface area contributed by atoms with Gasteiger partial charge in [0, 0.05) is 25.7 Å². The summed E-state index contributed by atoms with van der Waals surface area (Å²) in [6, 6.07) is 3.80. The van der Waals surface area contributed by atoms with Gasteiger partial charge in [-0.25, -0.2) is 4.39 Å². The van der Waals surface area contributed by atoms with Gasteiger partial charge in [-0.05, 0) is 31.0 Å². The van der Waals surface area contributed by atoms with E-state index in [1.807, 2.05) is 0 Å². The smallest absolute Gasteiger partial charge is 0.254 e. The first-order valence-electron chi connectivity index (χ1n) is 6.57. The van der Waals surface area contributed by atoms with Gasteiger partial charge in [0.25, 0.3) is 5.91 Å². The van der Waals surface area contributed by atoms with Crippen LogP contribution in [0.25, 0.3) is 0 Å². The third kappa shape index (κ3) is 3.07. The zero-order valence-electron chi connectivity index (χ0n) is 11.4. The zero-order valence-corrected chi connectivity index (χ0v) is 11.4. The summed E-state index contributed by atoms with van der Waals surface area (Å²) in [5.41, 5.74) is 5.64. The fraction of sp³-hybridized carbons (Fsp3) is 0.429. The van der Waals surface area contributed by atoms with Crippen LogP contribution in [0.15, 0.2) is 18.2 Å². The molecule has 2 rings (SSSR count). The second-order valence-corrected chi connectivity index (χ2v) is 4.99. The molecule has 1 aliphatic rings. The molecule has 0 aromatic heterocycles. The minimum atomic E-state index is -0.558. The highest BCUT2D eigenvalue weighted by molar-refractivity contribution is 5.97. The molecule has 1 aromatic rings. The Labute approximate surface area is 117 Å². The summed E-state index contributed by atoms with van der Waals surface area (Å²) >= 11 is 0. The number of hydrogen-bond acceptors (Lipinski definition) is 3. The fourth-order valence-corrected chi connectivity index (χ4v) is 2.24. The first-order valence-corrected chi connectivity index (χ1v) is 6.57. The van der Waals surface area contributed by atoms with Crippen LogP contribution in [0.3, 0.4) is 0 Å². The molecule has 1 fully saturated rings. The minimum Gasteiger partial charge on any atom is -0.396 e. The molecule has 1 heterocycles. The van der Waals surface area contributed by atoms with Crippen LogP contribution < -0.4 is 5.73 Å². The highest BCUT2D eigenvalue weighted by Crippen LogP contribution is 2.14. The van der Waals surface area contributed by atoms with Crippen molar-refractivity contribution in [2.24, 2.45) is 0 Å². The van der Waals surface area contributed by atoms with Crippen LogP contribution in [0.4, 0.5) is 10.1 Å². The van der Waals surface area contributed by atoms with Crippen molar-refractivity contribution in [3.05, 3.63) is 29.6 Å². The summed E-state index contributed by atoms with van der Waals surface area (Å²) in [4.78, 5) is 27.2. The summed E-state index contributed by atoms with van der Waals surface area (Å²) < 4.78 is 13.1. The van der Waals surface area contributed by atoms with Crippen molar-refractivity contribution in [2.45, 2.75) is 12.8 Å². The molecule has 20 heavy (non-hydrogen) atoms. The largest absolute Gasteiger partial charge is 0.396 e. The molecule has 5 nitrogen and oxygen atoms in total. The third-order valence-electron chi connectivity index (χ3n) is 3.42. The van der Waals surface area contributed by atoms with E-state index < -0.39 is 5.82 Å². The number of nitrogens with two attached hydrogens (primary N) is 1. The Morgan fingerprint density at radius 1 is 1.35 bits per heavy atom. The zero-order chi connectivity index (χ0) is 14.7. The predicted molar refractivity (Wildman–Crippen MR) is 73.6 cm³/mol. The molecule has 1 saturated heterocycles. The van der Waals surface area contributed by atoms with E-state index in [-0.39, 0.29) is 29.6 Å². The second kappa shape index (κ2) is 5.90. The van der Waals surface area contributed by atoms with Gasteiger partial charge in [0.1, 0.15) is 5.82 Å². The van der Waals surface area contributed by atoms with E-state index in [4.69, 9.17) is 5.73 Å². The Morgan fingerprint density at radius 3 is 2.60 bits per heavy atom. The Kier molecular flexibility index (Phi) is 4.22. The van der Waals surface area contributed by atoms with Crippen LogP contribution in [0.5, 0.6) is 0 Å². The first kappa shape index (κ1) is 14.3. The number of rotatable bonds is 3. The number of hydrogen-bond donors (Lipinski definition) is 1. The normalized spacial score (nSPS) is 14.4. The topological polar surface area (TPSA) is 66.6 Å². The van der Waals surface area contributed by atoms with E-state index in [9.17, 15) is 14.0 Å². The highest BCUT2D eigenvalue weighted by atomic mass is 19.1. The molecular formula is C14H18FN3O2. The molecule has 0 unspecified atom stereocenters. The number of likely N-dealkylation sites (tertiary alicyclic amines) is 1. The van der Waals surface area contributed by atoms with Crippen LogP contribution in [-0.4, -0.2) is 48.3 Å². The molecule has 0 saturated carbocycles. The van der Waals surface area contributed by atoms with Gasteiger partial charge in [0.2, 0.25) is 5.91 Å². The lowest BCUT2D eigenvalue weighted by Crippen LogP contribution is -2.39. The lowest BCUT2D eigenvalue weighted by molar-refractivity contribution is -0.130. The maximum absolute atomic E-state index is 13.1. The lowest BCUT2D eigenvalue weighted by Gasteiger charge is -2.21. The molecule has 108 valence electrons. The summed E-state index contributed by atoms with van der Waals surface area (Å²) in [5, 5.41) is 0. The van der Waals surface area contributed by atoms with Crippen molar-refractivity contribution < 1.29 is 14.0 Å². The SMILES string of the molecule is CN(CC(=O)N1CCCC1)C(=O)c1ccc(F)c(N)c1. The van der Waals surface area contributed by atoms with E-state index in [0.717, 1.165) is 32.0 Å².